The molecule has 1 unspecified atom stereocenters. The van der Waals surface area contributed by atoms with Crippen LogP contribution in [0, 0.1) is 0 Å². The largest absolute Gasteiger partial charge is 0.456 e. The minimum atomic E-state index is -0.201. The molecule has 0 aliphatic heterocycles. The third-order valence-electron chi connectivity index (χ3n) is 14.5. The molecule has 1 heterocycles. The van der Waals surface area contributed by atoms with E-state index < -0.39 is 0 Å². The van der Waals surface area contributed by atoms with Crippen molar-refractivity contribution in [3.05, 3.63) is 234 Å². The van der Waals surface area contributed by atoms with Crippen LogP contribution in [0.15, 0.2) is 205 Å². The molecule has 0 amide bonds. The molecule has 2 nitrogen and oxygen atoms in total. The van der Waals surface area contributed by atoms with Crippen LogP contribution in [0.1, 0.15) is 53.6 Å². The number of anilines is 3. The molecule has 1 spiro atoms. The summed E-state index contributed by atoms with van der Waals surface area (Å²) in [5.74, 6) is 0. The number of hydrogen-bond acceptors (Lipinski definition) is 2. The Labute approximate surface area is 362 Å². The first-order valence-corrected chi connectivity index (χ1v) is 22.0. The molecule has 3 aliphatic carbocycles. The summed E-state index contributed by atoms with van der Waals surface area (Å²) in [5.41, 5.74) is 23.5. The van der Waals surface area contributed by atoms with E-state index in [1.807, 2.05) is 0 Å². The summed E-state index contributed by atoms with van der Waals surface area (Å²) in [6.45, 7) is 4.75. The molecule has 1 atom stereocenters. The van der Waals surface area contributed by atoms with E-state index in [0.29, 0.717) is 0 Å². The van der Waals surface area contributed by atoms with Gasteiger partial charge in [-0.1, -0.05) is 172 Å². The maximum atomic E-state index is 6.46. The minimum Gasteiger partial charge on any atom is -0.456 e. The van der Waals surface area contributed by atoms with E-state index in [1.54, 1.807) is 0 Å². The van der Waals surface area contributed by atoms with Crippen LogP contribution >= 0.6 is 0 Å². The summed E-state index contributed by atoms with van der Waals surface area (Å²) in [6, 6.07) is 74.4. The van der Waals surface area contributed by atoms with Crippen molar-refractivity contribution in [1.82, 2.24) is 0 Å². The summed E-state index contributed by atoms with van der Waals surface area (Å²) in [7, 11) is 0. The van der Waals surface area contributed by atoms with Gasteiger partial charge >= 0.3 is 0 Å². The van der Waals surface area contributed by atoms with Crippen molar-refractivity contribution in [1.29, 1.82) is 0 Å². The number of furan rings is 1. The molecule has 0 saturated heterocycles. The van der Waals surface area contributed by atoms with Gasteiger partial charge in [-0.05, 0) is 128 Å². The summed E-state index contributed by atoms with van der Waals surface area (Å²) < 4.78 is 6.46. The first kappa shape index (κ1) is 35.3. The number of aryl methyl sites for hydroxylation is 1. The van der Waals surface area contributed by atoms with Crippen molar-refractivity contribution in [3.8, 4) is 44.5 Å². The van der Waals surface area contributed by atoms with Crippen LogP contribution in [-0.4, -0.2) is 0 Å². The Morgan fingerprint density at radius 3 is 1.89 bits per heavy atom. The minimum absolute atomic E-state index is 0.110. The van der Waals surface area contributed by atoms with Crippen LogP contribution in [0.3, 0.4) is 0 Å². The van der Waals surface area contributed by atoms with Gasteiger partial charge in [-0.2, -0.15) is 0 Å². The van der Waals surface area contributed by atoms with Gasteiger partial charge < -0.3 is 9.32 Å². The second kappa shape index (κ2) is 13.0. The Morgan fingerprint density at radius 2 is 1.03 bits per heavy atom. The van der Waals surface area contributed by atoms with Crippen molar-refractivity contribution in [2.24, 2.45) is 0 Å². The van der Waals surface area contributed by atoms with Gasteiger partial charge in [0.2, 0.25) is 0 Å². The quantitative estimate of drug-likeness (QED) is 0.173. The molecule has 0 N–H and O–H groups in total. The van der Waals surface area contributed by atoms with Gasteiger partial charge in [0.15, 0.2) is 0 Å². The molecule has 294 valence electrons. The second-order valence-electron chi connectivity index (χ2n) is 17.9. The summed E-state index contributed by atoms with van der Waals surface area (Å²) in [4.78, 5) is 2.49. The number of hydrogen-bond donors (Lipinski definition) is 0. The molecular formula is C60H43NO. The fourth-order valence-corrected chi connectivity index (χ4v) is 11.9. The highest BCUT2D eigenvalue weighted by molar-refractivity contribution is 6.14. The van der Waals surface area contributed by atoms with Crippen molar-refractivity contribution in [2.45, 2.75) is 37.5 Å². The van der Waals surface area contributed by atoms with Crippen molar-refractivity contribution >= 4 is 39.0 Å². The maximum Gasteiger partial charge on any atom is 0.136 e. The van der Waals surface area contributed by atoms with E-state index in [-0.39, 0.29) is 10.8 Å². The Morgan fingerprint density at radius 1 is 0.435 bits per heavy atom. The van der Waals surface area contributed by atoms with E-state index in [1.165, 1.54) is 66.8 Å². The Kier molecular flexibility index (Phi) is 7.43. The van der Waals surface area contributed by atoms with Gasteiger partial charge in [-0.15, -0.1) is 0 Å². The lowest BCUT2D eigenvalue weighted by atomic mass is 9.73. The van der Waals surface area contributed by atoms with Gasteiger partial charge in [0.25, 0.3) is 0 Å². The maximum absolute atomic E-state index is 6.46. The highest BCUT2D eigenvalue weighted by Crippen LogP contribution is 2.60. The lowest BCUT2D eigenvalue weighted by Crippen LogP contribution is -2.24. The Balaban J connectivity index is 1.03. The SMILES string of the molecule is CC1(C)c2ccccc2-c2cccc(-c3ccc(N(c4ccc5c(c4)C4(CCc6ccccc64)c4ccccc4-5)c4ccccc4-c4cccc5oc6ccccc6c45)cc3)c21. The zero-order chi connectivity index (χ0) is 41.2. The van der Waals surface area contributed by atoms with Crippen molar-refractivity contribution in [2.75, 3.05) is 4.90 Å². The normalized spacial score (nSPS) is 16.3. The van der Waals surface area contributed by atoms with Gasteiger partial charge in [-0.25, -0.2) is 0 Å². The number of para-hydroxylation sites is 2. The predicted octanol–water partition coefficient (Wildman–Crippen LogP) is 16.0. The van der Waals surface area contributed by atoms with Crippen LogP contribution in [0.2, 0.25) is 0 Å². The zero-order valence-corrected chi connectivity index (χ0v) is 34.8. The number of benzene rings is 9. The van der Waals surface area contributed by atoms with E-state index in [9.17, 15) is 0 Å². The van der Waals surface area contributed by atoms with Crippen LogP contribution < -0.4 is 4.90 Å². The smallest absolute Gasteiger partial charge is 0.136 e. The highest BCUT2D eigenvalue weighted by Gasteiger charge is 2.48. The van der Waals surface area contributed by atoms with Gasteiger partial charge in [-0.3, -0.25) is 0 Å². The van der Waals surface area contributed by atoms with Crippen molar-refractivity contribution < 1.29 is 4.42 Å². The molecule has 0 saturated carbocycles. The molecule has 9 aromatic carbocycles. The molecule has 3 aliphatic rings. The van der Waals surface area contributed by atoms with Gasteiger partial charge in [0.1, 0.15) is 11.2 Å². The molecular weight excluding hydrogens is 751 g/mol. The lowest BCUT2D eigenvalue weighted by molar-refractivity contribution is 0.626. The Hall–Kier alpha value is -7.42. The van der Waals surface area contributed by atoms with E-state index >= 15 is 0 Å². The third kappa shape index (κ3) is 4.81. The average Bonchev–Trinajstić information content (AvgIpc) is 4.05. The molecule has 0 fully saturated rings. The van der Waals surface area contributed by atoms with Crippen LogP contribution in [-0.2, 0) is 17.3 Å². The molecule has 2 heteroatoms. The zero-order valence-electron chi connectivity index (χ0n) is 34.8. The first-order valence-electron chi connectivity index (χ1n) is 22.0. The van der Waals surface area contributed by atoms with Crippen LogP contribution in [0.25, 0.3) is 66.4 Å². The van der Waals surface area contributed by atoms with Gasteiger partial charge in [0, 0.05) is 38.5 Å². The summed E-state index contributed by atoms with van der Waals surface area (Å²) in [6.07, 6.45) is 2.12. The molecule has 62 heavy (non-hydrogen) atoms. The van der Waals surface area contributed by atoms with Crippen molar-refractivity contribution in [3.63, 3.8) is 0 Å². The summed E-state index contributed by atoms with van der Waals surface area (Å²) >= 11 is 0. The molecule has 0 bridgehead atoms. The third-order valence-corrected chi connectivity index (χ3v) is 14.5. The monoisotopic (exact) mass is 793 g/mol. The molecule has 10 aromatic rings. The average molecular weight is 794 g/mol. The first-order chi connectivity index (χ1) is 30.5. The number of fused-ring (bicyclic) bond motifs is 13. The van der Waals surface area contributed by atoms with Gasteiger partial charge in [0.05, 0.1) is 5.69 Å². The number of rotatable bonds is 5. The Bertz CT molecular complexity index is 3460. The lowest BCUT2D eigenvalue weighted by Gasteiger charge is -2.32. The summed E-state index contributed by atoms with van der Waals surface area (Å²) in [5, 5.41) is 2.26. The highest BCUT2D eigenvalue weighted by atomic mass is 16.3. The van der Waals surface area contributed by atoms with E-state index in [4.69, 9.17) is 4.42 Å². The van der Waals surface area contributed by atoms with Crippen LogP contribution in [0.4, 0.5) is 17.1 Å². The van der Waals surface area contributed by atoms with E-state index in [0.717, 1.165) is 63.0 Å². The molecule has 0 radical (unpaired) electrons. The topological polar surface area (TPSA) is 16.4 Å². The molecule has 13 rings (SSSR count). The standard InChI is InChI=1S/C60H43NO/c1-59(2)51-24-9-4-17-44(51)48-22-13-20-42(58(48)59)38-29-31-40(32-30-38)61(54-26-11-6-18-46(54)47-21-14-28-56-57(47)49-19-7-12-27-55(49)62-56)41-33-34-45-43-16-5-10-25-52(43)60(53(45)37-41)36-35-39-15-3-8-23-50(39)60/h3-34,37H,35-36H2,1-2H3. The fraction of sp³-hybridized carbons (Fsp3) is 0.100. The predicted molar refractivity (Wildman–Crippen MR) is 257 cm³/mol. The number of nitrogens with zero attached hydrogens (tertiary/aromatic N) is 1. The molecule has 1 aromatic heterocycles. The van der Waals surface area contributed by atoms with Crippen LogP contribution in [0.5, 0.6) is 0 Å². The fourth-order valence-electron chi connectivity index (χ4n) is 11.9. The second-order valence-corrected chi connectivity index (χ2v) is 17.9. The van der Waals surface area contributed by atoms with E-state index in [2.05, 4.69) is 219 Å².